The number of rotatable bonds is 11. The Kier molecular flexibility index (Phi) is 10.6. The van der Waals surface area contributed by atoms with Crippen LogP contribution in [0.4, 0.5) is 14.5 Å². The smallest absolute Gasteiger partial charge is 0.255 e. The van der Waals surface area contributed by atoms with Crippen molar-refractivity contribution in [3.8, 4) is 11.5 Å². The maximum absolute atomic E-state index is 15.6. The number of amides is 2. The van der Waals surface area contributed by atoms with Gasteiger partial charge in [0.1, 0.15) is 11.8 Å². The Balaban J connectivity index is 0.803. The highest BCUT2D eigenvalue weighted by atomic mass is 19.1. The van der Waals surface area contributed by atoms with E-state index in [-0.39, 0.29) is 41.8 Å². The van der Waals surface area contributed by atoms with Gasteiger partial charge in [0, 0.05) is 55.6 Å². The number of carbonyl (C=O) groups excluding carboxylic acids is 2. The Morgan fingerprint density at radius 1 is 0.818 bits per heavy atom. The maximum atomic E-state index is 15.6. The molecule has 4 aliphatic rings. The highest BCUT2D eigenvalue weighted by Crippen LogP contribution is 2.48. The number of phenols is 1. The van der Waals surface area contributed by atoms with Gasteiger partial charge in [-0.1, -0.05) is 43.0 Å². The fraction of sp³-hybridized carbons (Fsp3) is 0.378. The lowest BCUT2D eigenvalue weighted by molar-refractivity contribution is -0.126. The Hall–Kier alpha value is -5.22. The summed E-state index contributed by atoms with van der Waals surface area (Å²) >= 11 is 0. The molecule has 55 heavy (non-hydrogen) atoms. The number of benzene rings is 4. The molecule has 3 heterocycles. The summed E-state index contributed by atoms with van der Waals surface area (Å²) in [6.45, 7) is 9.07. The van der Waals surface area contributed by atoms with Gasteiger partial charge in [-0.25, -0.2) is 8.78 Å². The molecule has 4 aromatic rings. The third kappa shape index (κ3) is 7.70. The summed E-state index contributed by atoms with van der Waals surface area (Å²) in [6, 6.07) is 23.8. The number of hydrogen-bond acceptors (Lipinski definition) is 6. The van der Waals surface area contributed by atoms with Gasteiger partial charge in [0.25, 0.3) is 5.91 Å². The van der Waals surface area contributed by atoms with Gasteiger partial charge in [-0.15, -0.1) is 0 Å². The molecular weight excluding hydrogens is 699 g/mol. The average molecular weight is 747 g/mol. The number of ether oxygens (including phenoxy) is 1. The molecule has 0 bridgehead atoms. The first kappa shape index (κ1) is 36.7. The van der Waals surface area contributed by atoms with Crippen molar-refractivity contribution in [2.24, 2.45) is 0 Å². The average Bonchev–Trinajstić information content (AvgIpc) is 3.51. The molecule has 4 aromatic carbocycles. The summed E-state index contributed by atoms with van der Waals surface area (Å²) in [5, 5.41) is 12.9. The van der Waals surface area contributed by atoms with E-state index in [2.05, 4.69) is 39.9 Å². The van der Waals surface area contributed by atoms with Crippen LogP contribution in [0.1, 0.15) is 88.5 Å². The molecule has 2 amide bonds. The lowest BCUT2D eigenvalue weighted by Gasteiger charge is -2.36. The molecule has 0 radical (unpaired) electrons. The molecule has 3 aliphatic heterocycles. The predicted molar refractivity (Wildman–Crippen MR) is 208 cm³/mol. The number of fused-ring (bicyclic) bond motifs is 2. The second-order valence-corrected chi connectivity index (χ2v) is 15.4. The summed E-state index contributed by atoms with van der Waals surface area (Å²) in [5.41, 5.74) is 7.13. The number of aryl methyl sites for hydroxylation is 1. The number of unbranched alkanes of at least 4 members (excludes halogenated alkanes) is 2. The zero-order chi connectivity index (χ0) is 38.1. The van der Waals surface area contributed by atoms with Crippen molar-refractivity contribution in [1.82, 2.24) is 15.1 Å². The molecule has 0 spiro atoms. The number of aromatic hydroxyl groups is 1. The molecule has 0 aromatic heterocycles. The van der Waals surface area contributed by atoms with E-state index in [1.165, 1.54) is 12.1 Å². The molecule has 10 heteroatoms. The predicted octanol–water partition coefficient (Wildman–Crippen LogP) is 7.65. The summed E-state index contributed by atoms with van der Waals surface area (Å²) in [4.78, 5) is 32.2. The third-order valence-electron chi connectivity index (χ3n) is 11.9. The molecule has 8 nitrogen and oxygen atoms in total. The van der Waals surface area contributed by atoms with Crippen LogP contribution in [-0.4, -0.2) is 72.1 Å². The maximum Gasteiger partial charge on any atom is 0.255 e. The summed E-state index contributed by atoms with van der Waals surface area (Å²) in [6.07, 6.45) is 5.40. The van der Waals surface area contributed by atoms with Gasteiger partial charge in [0.15, 0.2) is 17.4 Å². The van der Waals surface area contributed by atoms with Crippen LogP contribution in [-0.2, 0) is 17.8 Å². The van der Waals surface area contributed by atoms with Crippen molar-refractivity contribution in [2.45, 2.75) is 69.4 Å². The monoisotopic (exact) mass is 746 g/mol. The second-order valence-electron chi connectivity index (χ2n) is 15.4. The van der Waals surface area contributed by atoms with Crippen molar-refractivity contribution in [1.29, 1.82) is 0 Å². The van der Waals surface area contributed by atoms with Crippen molar-refractivity contribution in [3.63, 3.8) is 0 Å². The number of carbonyl (C=O) groups is 2. The number of piperazine rings is 1. The second kappa shape index (κ2) is 15.9. The molecule has 0 saturated carbocycles. The van der Waals surface area contributed by atoms with E-state index in [0.717, 1.165) is 86.3 Å². The van der Waals surface area contributed by atoms with Gasteiger partial charge in [0.05, 0.1) is 6.61 Å². The minimum absolute atomic E-state index is 0.0455. The van der Waals surface area contributed by atoms with E-state index in [1.807, 2.05) is 36.4 Å². The number of hydrogen-bond donors (Lipinski definition) is 2. The summed E-state index contributed by atoms with van der Waals surface area (Å²) in [7, 11) is 0. The fourth-order valence-electron chi connectivity index (χ4n) is 9.03. The number of allylic oxidation sites excluding steroid dienone is 1. The van der Waals surface area contributed by atoms with E-state index < -0.39 is 17.7 Å². The molecule has 1 unspecified atom stereocenters. The van der Waals surface area contributed by atoms with Gasteiger partial charge in [-0.2, -0.15) is 0 Å². The molecule has 2 fully saturated rings. The summed E-state index contributed by atoms with van der Waals surface area (Å²) in [5.74, 6) is -1.97. The number of phenolic OH excluding ortho intramolecular Hbond substituents is 1. The van der Waals surface area contributed by atoms with E-state index >= 15 is 8.78 Å². The molecule has 3 atom stereocenters. The molecule has 2 saturated heterocycles. The SMILES string of the molecule is C=C1CCC(N2Cc3cc(N4CCN(CCCCCOc5c(F)cc([C@@H]6c7ccc(O)cc7CC[C@@H]6c6ccccc6)cc5F)CC4)ccc3C2=O)C(=O)N1. The summed E-state index contributed by atoms with van der Waals surface area (Å²) < 4.78 is 36.8. The van der Waals surface area contributed by atoms with Crippen molar-refractivity contribution >= 4 is 17.5 Å². The first-order valence-corrected chi connectivity index (χ1v) is 19.6. The number of halogens is 2. The van der Waals surface area contributed by atoms with Crippen molar-refractivity contribution in [2.75, 3.05) is 44.2 Å². The van der Waals surface area contributed by atoms with Crippen molar-refractivity contribution in [3.05, 3.63) is 136 Å². The number of nitrogens with one attached hydrogen (secondary N) is 1. The Bertz CT molecular complexity index is 2060. The zero-order valence-electron chi connectivity index (χ0n) is 31.1. The molecule has 286 valence electrons. The Labute approximate surface area is 321 Å². The largest absolute Gasteiger partial charge is 0.508 e. The minimum atomic E-state index is -0.693. The highest BCUT2D eigenvalue weighted by molar-refractivity contribution is 6.01. The molecule has 8 rings (SSSR count). The van der Waals surface area contributed by atoms with Crippen LogP contribution in [0.3, 0.4) is 0 Å². The third-order valence-corrected chi connectivity index (χ3v) is 11.9. The number of nitrogens with zero attached hydrogens (tertiary/aromatic N) is 3. The fourth-order valence-corrected chi connectivity index (χ4v) is 9.03. The van der Waals surface area contributed by atoms with Crippen LogP contribution >= 0.6 is 0 Å². The van der Waals surface area contributed by atoms with E-state index in [1.54, 1.807) is 17.0 Å². The highest BCUT2D eigenvalue weighted by Gasteiger charge is 2.38. The van der Waals surface area contributed by atoms with E-state index in [4.69, 9.17) is 4.74 Å². The lowest BCUT2D eigenvalue weighted by Crippen LogP contribution is -2.49. The molecule has 1 aliphatic carbocycles. The van der Waals surface area contributed by atoms with Crippen LogP contribution in [0.2, 0.25) is 0 Å². The first-order chi connectivity index (χ1) is 26.7. The Morgan fingerprint density at radius 2 is 1.60 bits per heavy atom. The van der Waals surface area contributed by atoms with Crippen LogP contribution < -0.4 is 15.0 Å². The van der Waals surface area contributed by atoms with Crippen LogP contribution in [0, 0.1) is 11.6 Å². The topological polar surface area (TPSA) is 85.4 Å². The van der Waals surface area contributed by atoms with E-state index in [9.17, 15) is 14.7 Å². The lowest BCUT2D eigenvalue weighted by atomic mass is 9.69. The van der Waals surface area contributed by atoms with Gasteiger partial charge in [0.2, 0.25) is 5.91 Å². The van der Waals surface area contributed by atoms with Gasteiger partial charge in [-0.3, -0.25) is 14.5 Å². The van der Waals surface area contributed by atoms with E-state index in [0.29, 0.717) is 42.6 Å². The van der Waals surface area contributed by atoms with Gasteiger partial charge < -0.3 is 25.0 Å². The number of piperidine rings is 1. The normalized spacial score (nSPS) is 21.3. The standard InChI is InChI=1S/C45H48F2N4O4/c1-29-10-17-41(44(53)48-29)51-28-33-24-34(12-15-38(33)45(51)54)50-21-19-49(20-22-50)18-6-3-7-23-55-43-39(46)26-32(27-40(43)47)42-36(30-8-4-2-5-9-30)14-11-31-25-35(52)13-16-37(31)42/h2,4-5,8-9,12-13,15-16,24-27,36,41-42,52H,1,3,6-7,10-11,14,17-23,28H2,(H,48,53)/t36-,41?,42+/m1/s1. The quantitative estimate of drug-likeness (QED) is 0.154. The van der Waals surface area contributed by atoms with Gasteiger partial charge in [-0.05, 0) is 128 Å². The Morgan fingerprint density at radius 3 is 2.36 bits per heavy atom. The number of anilines is 1. The van der Waals surface area contributed by atoms with Crippen LogP contribution in [0.5, 0.6) is 11.5 Å². The minimum Gasteiger partial charge on any atom is -0.508 e. The van der Waals surface area contributed by atoms with Gasteiger partial charge >= 0.3 is 0 Å². The van der Waals surface area contributed by atoms with Crippen molar-refractivity contribution < 1.29 is 28.2 Å². The first-order valence-electron chi connectivity index (χ1n) is 19.6. The molecule has 2 N–H and O–H groups in total. The van der Waals surface area contributed by atoms with Crippen LogP contribution in [0.15, 0.2) is 91.1 Å². The molecular formula is C45H48F2N4O4. The van der Waals surface area contributed by atoms with Crippen LogP contribution in [0.25, 0.3) is 0 Å². The zero-order valence-corrected chi connectivity index (χ0v) is 31.1.